The average molecular weight is 398 g/mol. The lowest BCUT2D eigenvalue weighted by atomic mass is 9.87. The second kappa shape index (κ2) is 12.7. The van der Waals surface area contributed by atoms with E-state index in [1.54, 1.807) is 6.07 Å². The van der Waals surface area contributed by atoms with E-state index >= 15 is 0 Å². The predicted octanol–water partition coefficient (Wildman–Crippen LogP) is 2.39. The Balaban J connectivity index is 2.90. The van der Waals surface area contributed by atoms with Gasteiger partial charge in [-0.05, 0) is 30.0 Å². The first-order valence-electron chi connectivity index (χ1n) is 9.59. The van der Waals surface area contributed by atoms with E-state index in [-0.39, 0.29) is 44.2 Å². The van der Waals surface area contributed by atoms with E-state index in [1.807, 2.05) is 33.8 Å². The van der Waals surface area contributed by atoms with Crippen LogP contribution in [0.3, 0.4) is 0 Å². The molecule has 0 aliphatic heterocycles. The van der Waals surface area contributed by atoms with Crippen molar-refractivity contribution < 1.29 is 34.0 Å². The summed E-state index contributed by atoms with van der Waals surface area (Å²) in [6.45, 7) is 9.60. The van der Waals surface area contributed by atoms with Crippen molar-refractivity contribution in [2.75, 3.05) is 52.9 Å². The van der Waals surface area contributed by atoms with Crippen LogP contribution in [-0.2, 0) is 9.47 Å². The molecule has 0 unspecified atom stereocenters. The van der Waals surface area contributed by atoms with Crippen molar-refractivity contribution in [1.29, 1.82) is 0 Å². The summed E-state index contributed by atoms with van der Waals surface area (Å²) in [5.41, 5.74) is 1.28. The highest BCUT2D eigenvalue weighted by Gasteiger charge is 2.20. The molecule has 1 aromatic rings. The van der Waals surface area contributed by atoms with E-state index in [4.69, 9.17) is 29.2 Å². The topological polar surface area (TPSA) is 94.5 Å². The number of ether oxygens (including phenoxy) is 4. The molecule has 28 heavy (non-hydrogen) atoms. The van der Waals surface area contributed by atoms with Crippen LogP contribution < -0.4 is 9.47 Å². The molecule has 0 aromatic heterocycles. The maximum atomic E-state index is 12.6. The maximum Gasteiger partial charge on any atom is 0.164 e. The smallest absolute Gasteiger partial charge is 0.164 e. The Hall–Kier alpha value is -1.67. The summed E-state index contributed by atoms with van der Waals surface area (Å²) in [5.74, 6) is 1.09. The van der Waals surface area contributed by atoms with Crippen LogP contribution in [-0.4, -0.2) is 68.9 Å². The molecule has 7 nitrogen and oxygen atoms in total. The van der Waals surface area contributed by atoms with Crippen molar-refractivity contribution in [1.82, 2.24) is 0 Å². The van der Waals surface area contributed by atoms with Crippen molar-refractivity contribution in [2.24, 2.45) is 5.41 Å². The average Bonchev–Trinajstić information content (AvgIpc) is 2.61. The predicted molar refractivity (Wildman–Crippen MR) is 106 cm³/mol. The van der Waals surface area contributed by atoms with Crippen molar-refractivity contribution >= 4 is 5.78 Å². The van der Waals surface area contributed by atoms with Gasteiger partial charge in [0.1, 0.15) is 13.2 Å². The van der Waals surface area contributed by atoms with Crippen LogP contribution in [0.4, 0.5) is 0 Å². The van der Waals surface area contributed by atoms with Crippen LogP contribution in [0.1, 0.15) is 43.1 Å². The molecule has 1 aromatic carbocycles. The molecule has 0 aliphatic carbocycles. The van der Waals surface area contributed by atoms with Crippen LogP contribution in [0.2, 0.25) is 0 Å². The van der Waals surface area contributed by atoms with E-state index in [1.165, 1.54) is 0 Å². The fraction of sp³-hybridized carbons (Fsp3) is 0.667. The fourth-order valence-electron chi connectivity index (χ4n) is 2.52. The number of rotatable bonds is 14. The first-order valence-corrected chi connectivity index (χ1v) is 9.59. The van der Waals surface area contributed by atoms with E-state index in [0.29, 0.717) is 43.3 Å². The molecule has 0 atom stereocenters. The number of aryl methyl sites for hydroxylation is 1. The van der Waals surface area contributed by atoms with Gasteiger partial charge >= 0.3 is 0 Å². The fourth-order valence-corrected chi connectivity index (χ4v) is 2.52. The molecule has 1 rings (SSSR count). The lowest BCUT2D eigenvalue weighted by Crippen LogP contribution is -2.15. The Bertz CT molecular complexity index is 593. The van der Waals surface area contributed by atoms with Crippen LogP contribution in [0.15, 0.2) is 12.1 Å². The van der Waals surface area contributed by atoms with Crippen LogP contribution in [0, 0.1) is 12.3 Å². The Labute approximate surface area is 167 Å². The van der Waals surface area contributed by atoms with Crippen molar-refractivity contribution in [3.8, 4) is 11.5 Å². The highest BCUT2D eigenvalue weighted by Crippen LogP contribution is 2.34. The second-order valence-electron chi connectivity index (χ2n) is 7.65. The molecule has 0 amide bonds. The van der Waals surface area contributed by atoms with E-state index in [2.05, 4.69) is 0 Å². The number of ketones is 1. The molecule has 0 bridgehead atoms. The van der Waals surface area contributed by atoms with Crippen molar-refractivity contribution in [3.05, 3.63) is 23.3 Å². The third-order valence-electron chi connectivity index (χ3n) is 3.68. The third-order valence-corrected chi connectivity index (χ3v) is 3.68. The quantitative estimate of drug-likeness (QED) is 0.367. The summed E-state index contributed by atoms with van der Waals surface area (Å²) in [5, 5.41) is 17.5. The first-order chi connectivity index (χ1) is 13.3. The van der Waals surface area contributed by atoms with Crippen LogP contribution in [0.25, 0.3) is 0 Å². The molecular formula is C21H34O7. The standard InChI is InChI=1S/C21H34O7/c1-16-13-17(18(24)15-21(2,3)4)14-19(27-11-9-25-7-5-22)20(16)28-12-10-26-8-6-23/h13-14,22-23H,5-12,15H2,1-4H3. The molecular weight excluding hydrogens is 364 g/mol. The Morgan fingerprint density at radius 3 is 2.00 bits per heavy atom. The number of carbonyl (C=O) groups excluding carboxylic acids is 1. The number of Topliss-reactive ketones (excluding diaryl/α,β-unsaturated/α-hetero) is 1. The van der Waals surface area contributed by atoms with Crippen LogP contribution in [0.5, 0.6) is 11.5 Å². The minimum absolute atomic E-state index is 0.0359. The molecule has 160 valence electrons. The summed E-state index contributed by atoms with van der Waals surface area (Å²) in [6, 6.07) is 3.52. The summed E-state index contributed by atoms with van der Waals surface area (Å²) in [7, 11) is 0. The third kappa shape index (κ3) is 9.50. The highest BCUT2D eigenvalue weighted by molar-refractivity contribution is 5.97. The molecule has 7 heteroatoms. The van der Waals surface area contributed by atoms with Gasteiger partial charge in [0, 0.05) is 12.0 Å². The maximum absolute atomic E-state index is 12.6. The lowest BCUT2D eigenvalue weighted by Gasteiger charge is -2.19. The van der Waals surface area contributed by atoms with E-state index in [0.717, 1.165) is 5.56 Å². The summed E-state index contributed by atoms with van der Waals surface area (Å²) >= 11 is 0. The Morgan fingerprint density at radius 1 is 0.893 bits per heavy atom. The van der Waals surface area contributed by atoms with Gasteiger partial charge < -0.3 is 29.2 Å². The largest absolute Gasteiger partial charge is 0.487 e. The van der Waals surface area contributed by atoms with E-state index in [9.17, 15) is 4.79 Å². The van der Waals surface area contributed by atoms with Gasteiger partial charge in [-0.25, -0.2) is 0 Å². The molecule has 0 saturated carbocycles. The summed E-state index contributed by atoms with van der Waals surface area (Å²) < 4.78 is 22.0. The van der Waals surface area contributed by atoms with Gasteiger partial charge in [0.2, 0.25) is 0 Å². The lowest BCUT2D eigenvalue weighted by molar-refractivity contribution is 0.0643. The number of hydrogen-bond acceptors (Lipinski definition) is 7. The van der Waals surface area contributed by atoms with Crippen LogP contribution >= 0.6 is 0 Å². The normalized spacial score (nSPS) is 11.5. The van der Waals surface area contributed by atoms with Gasteiger partial charge in [-0.15, -0.1) is 0 Å². The number of carbonyl (C=O) groups is 1. The number of aliphatic hydroxyl groups excluding tert-OH is 2. The van der Waals surface area contributed by atoms with Gasteiger partial charge in [0.05, 0.1) is 39.6 Å². The van der Waals surface area contributed by atoms with Gasteiger partial charge in [-0.2, -0.15) is 0 Å². The molecule has 2 N–H and O–H groups in total. The van der Waals surface area contributed by atoms with Crippen molar-refractivity contribution in [3.63, 3.8) is 0 Å². The Kier molecular flexibility index (Phi) is 11.1. The molecule has 0 fully saturated rings. The van der Waals surface area contributed by atoms with Gasteiger partial charge in [0.25, 0.3) is 0 Å². The highest BCUT2D eigenvalue weighted by atomic mass is 16.6. The second-order valence-corrected chi connectivity index (χ2v) is 7.65. The SMILES string of the molecule is Cc1cc(C(=O)CC(C)(C)C)cc(OCCOCCO)c1OCCOCCO. The summed E-state index contributed by atoms with van der Waals surface area (Å²) in [6.07, 6.45) is 0.431. The first kappa shape index (κ1) is 24.4. The molecule has 0 saturated heterocycles. The van der Waals surface area contributed by atoms with Gasteiger partial charge in [-0.1, -0.05) is 20.8 Å². The molecule has 0 radical (unpaired) electrons. The monoisotopic (exact) mass is 398 g/mol. The van der Waals surface area contributed by atoms with Gasteiger partial charge in [0.15, 0.2) is 17.3 Å². The van der Waals surface area contributed by atoms with Gasteiger partial charge in [-0.3, -0.25) is 4.79 Å². The summed E-state index contributed by atoms with van der Waals surface area (Å²) in [4.78, 5) is 12.6. The zero-order chi connectivity index (χ0) is 21.0. The number of benzene rings is 1. The molecule has 0 heterocycles. The minimum Gasteiger partial charge on any atom is -0.487 e. The number of hydrogen-bond donors (Lipinski definition) is 2. The minimum atomic E-state index is -0.108. The van der Waals surface area contributed by atoms with Crippen molar-refractivity contribution in [2.45, 2.75) is 34.1 Å². The Morgan fingerprint density at radius 2 is 1.46 bits per heavy atom. The number of aliphatic hydroxyl groups is 2. The zero-order valence-corrected chi connectivity index (χ0v) is 17.5. The molecule has 0 spiro atoms. The van der Waals surface area contributed by atoms with E-state index < -0.39 is 0 Å². The zero-order valence-electron chi connectivity index (χ0n) is 17.5. The molecule has 0 aliphatic rings.